The van der Waals surface area contributed by atoms with Gasteiger partial charge < -0.3 is 10.1 Å². The van der Waals surface area contributed by atoms with E-state index in [0.717, 1.165) is 12.8 Å². The van der Waals surface area contributed by atoms with Crippen molar-refractivity contribution >= 4 is 18.0 Å². The molecule has 1 fully saturated rings. The zero-order chi connectivity index (χ0) is 15.2. The summed E-state index contributed by atoms with van der Waals surface area (Å²) >= 11 is 0. The first kappa shape index (κ1) is 14.9. The summed E-state index contributed by atoms with van der Waals surface area (Å²) < 4.78 is 28.1. The fourth-order valence-corrected chi connectivity index (χ4v) is 1.43. The summed E-state index contributed by atoms with van der Waals surface area (Å²) in [7, 11) is 0. The molecule has 6 nitrogen and oxygen atoms in total. The maximum Gasteiger partial charge on any atom is 0.387 e. The van der Waals surface area contributed by atoms with Gasteiger partial charge in [-0.1, -0.05) is 0 Å². The Hall–Kier alpha value is -2.51. The number of carbonyl (C=O) groups excluding carboxylic acids is 2. The monoisotopic (exact) mass is 297 g/mol. The van der Waals surface area contributed by atoms with Crippen LogP contribution in [0.15, 0.2) is 29.4 Å². The van der Waals surface area contributed by atoms with E-state index in [0.29, 0.717) is 5.56 Å². The van der Waals surface area contributed by atoms with E-state index in [1.165, 1.54) is 30.5 Å². The van der Waals surface area contributed by atoms with Gasteiger partial charge in [0.2, 0.25) is 0 Å². The van der Waals surface area contributed by atoms with Gasteiger partial charge >= 0.3 is 18.4 Å². The van der Waals surface area contributed by atoms with Crippen LogP contribution in [0.4, 0.5) is 8.78 Å². The number of carbonyl (C=O) groups is 2. The third-order valence-electron chi connectivity index (χ3n) is 2.60. The van der Waals surface area contributed by atoms with Gasteiger partial charge in [0.15, 0.2) is 0 Å². The largest absolute Gasteiger partial charge is 0.435 e. The first-order valence-electron chi connectivity index (χ1n) is 6.23. The molecule has 1 saturated carbocycles. The molecule has 0 atom stereocenters. The molecule has 2 N–H and O–H groups in total. The van der Waals surface area contributed by atoms with Gasteiger partial charge in [0, 0.05) is 6.04 Å². The molecule has 0 saturated heterocycles. The van der Waals surface area contributed by atoms with Crippen LogP contribution in [0.5, 0.6) is 5.75 Å². The average Bonchev–Trinajstić information content (AvgIpc) is 3.24. The van der Waals surface area contributed by atoms with Gasteiger partial charge in [-0.2, -0.15) is 13.9 Å². The van der Waals surface area contributed by atoms with E-state index in [1.807, 2.05) is 0 Å². The second-order valence-corrected chi connectivity index (χ2v) is 4.39. The van der Waals surface area contributed by atoms with E-state index in [2.05, 4.69) is 20.6 Å². The molecule has 0 heterocycles. The van der Waals surface area contributed by atoms with E-state index in [-0.39, 0.29) is 11.8 Å². The Balaban J connectivity index is 1.80. The predicted molar refractivity (Wildman–Crippen MR) is 70.0 cm³/mol. The average molecular weight is 297 g/mol. The summed E-state index contributed by atoms with van der Waals surface area (Å²) in [4.78, 5) is 22.6. The van der Waals surface area contributed by atoms with E-state index in [1.54, 1.807) is 0 Å². The number of hydrogen-bond acceptors (Lipinski definition) is 4. The van der Waals surface area contributed by atoms with Crippen LogP contribution in [0.2, 0.25) is 0 Å². The highest BCUT2D eigenvalue weighted by Gasteiger charge is 2.26. The minimum atomic E-state index is -2.88. The van der Waals surface area contributed by atoms with Crippen LogP contribution in [0.3, 0.4) is 0 Å². The molecule has 0 unspecified atom stereocenters. The number of hydrogen-bond donors (Lipinski definition) is 2. The van der Waals surface area contributed by atoms with Crippen LogP contribution < -0.4 is 15.5 Å². The van der Waals surface area contributed by atoms with Crippen LogP contribution in [-0.2, 0) is 9.59 Å². The third-order valence-corrected chi connectivity index (χ3v) is 2.60. The first-order valence-corrected chi connectivity index (χ1v) is 6.23. The lowest BCUT2D eigenvalue weighted by Gasteiger charge is -2.03. The summed E-state index contributed by atoms with van der Waals surface area (Å²) in [5.74, 6) is -1.55. The summed E-state index contributed by atoms with van der Waals surface area (Å²) in [6, 6.07) is 5.74. The molecule has 0 bridgehead atoms. The van der Waals surface area contributed by atoms with Gasteiger partial charge in [-0.25, -0.2) is 5.43 Å². The minimum absolute atomic E-state index is 0.0231. The number of nitrogens with one attached hydrogen (secondary N) is 2. The molecule has 2 rings (SSSR count). The number of ether oxygens (including phenoxy) is 1. The number of benzene rings is 1. The molecule has 21 heavy (non-hydrogen) atoms. The fourth-order valence-electron chi connectivity index (χ4n) is 1.43. The molecule has 2 amide bonds. The molecule has 0 radical (unpaired) electrons. The van der Waals surface area contributed by atoms with Gasteiger partial charge in [-0.05, 0) is 42.7 Å². The Kier molecular flexibility index (Phi) is 4.81. The number of amides is 2. The van der Waals surface area contributed by atoms with Gasteiger partial charge in [0.25, 0.3) is 0 Å². The lowest BCUT2D eigenvalue weighted by molar-refractivity contribution is -0.139. The lowest BCUT2D eigenvalue weighted by Crippen LogP contribution is -2.38. The van der Waals surface area contributed by atoms with Crippen LogP contribution in [0.1, 0.15) is 18.4 Å². The Morgan fingerprint density at radius 2 is 1.90 bits per heavy atom. The standard InChI is InChI=1S/C13H13F2N3O3/c14-13(15)21-10-5-1-8(2-6-10)7-16-18-12(20)11(19)17-9-3-4-9/h1-2,5-7,9,13H,3-4H2,(H,17,19)(H,18,20)/b16-7-. The van der Waals surface area contributed by atoms with Crippen LogP contribution >= 0.6 is 0 Å². The number of alkyl halides is 2. The zero-order valence-corrected chi connectivity index (χ0v) is 10.9. The second-order valence-electron chi connectivity index (χ2n) is 4.39. The highest BCUT2D eigenvalue weighted by molar-refractivity contribution is 6.35. The zero-order valence-electron chi connectivity index (χ0n) is 10.9. The number of rotatable bonds is 5. The molecule has 1 aliphatic rings. The molecular formula is C13H13F2N3O3. The maximum atomic E-state index is 11.9. The number of halogens is 2. The molecule has 1 aromatic carbocycles. The van der Waals surface area contributed by atoms with Crippen molar-refractivity contribution in [3.8, 4) is 5.75 Å². The third kappa shape index (κ3) is 5.17. The summed E-state index contributed by atoms with van der Waals surface area (Å²) in [6.07, 6.45) is 3.05. The van der Waals surface area contributed by atoms with E-state index < -0.39 is 18.4 Å². The summed E-state index contributed by atoms with van der Waals surface area (Å²) in [5, 5.41) is 6.12. The van der Waals surface area contributed by atoms with Crippen molar-refractivity contribution in [2.24, 2.45) is 5.10 Å². The molecule has 1 aliphatic carbocycles. The van der Waals surface area contributed by atoms with E-state index in [9.17, 15) is 18.4 Å². The number of nitrogens with zero attached hydrogens (tertiary/aromatic N) is 1. The van der Waals surface area contributed by atoms with Crippen molar-refractivity contribution < 1.29 is 23.1 Å². The van der Waals surface area contributed by atoms with E-state index in [4.69, 9.17) is 0 Å². The fraction of sp³-hybridized carbons (Fsp3) is 0.308. The quantitative estimate of drug-likeness (QED) is 0.484. The van der Waals surface area contributed by atoms with Crippen LogP contribution in [0.25, 0.3) is 0 Å². The highest BCUT2D eigenvalue weighted by atomic mass is 19.3. The van der Waals surface area contributed by atoms with Crippen LogP contribution in [0, 0.1) is 0 Å². The highest BCUT2D eigenvalue weighted by Crippen LogP contribution is 2.18. The van der Waals surface area contributed by atoms with Crippen molar-refractivity contribution in [2.75, 3.05) is 0 Å². The molecule has 112 valence electrons. The van der Waals surface area contributed by atoms with Gasteiger partial charge in [0.05, 0.1) is 6.21 Å². The molecule has 0 aliphatic heterocycles. The molecule has 1 aromatic rings. The topological polar surface area (TPSA) is 79.8 Å². The second kappa shape index (κ2) is 6.78. The van der Waals surface area contributed by atoms with Crippen molar-refractivity contribution in [2.45, 2.75) is 25.5 Å². The Morgan fingerprint density at radius 1 is 1.24 bits per heavy atom. The van der Waals surface area contributed by atoms with Gasteiger partial charge in [-0.15, -0.1) is 0 Å². The van der Waals surface area contributed by atoms with Crippen molar-refractivity contribution in [3.63, 3.8) is 0 Å². The summed E-state index contributed by atoms with van der Waals surface area (Å²) in [6.45, 7) is -2.88. The van der Waals surface area contributed by atoms with Crippen molar-refractivity contribution in [3.05, 3.63) is 29.8 Å². The minimum Gasteiger partial charge on any atom is -0.435 e. The Morgan fingerprint density at radius 3 is 2.48 bits per heavy atom. The summed E-state index contributed by atoms with van der Waals surface area (Å²) in [5.41, 5.74) is 2.63. The Labute approximate surface area is 119 Å². The van der Waals surface area contributed by atoms with Crippen LogP contribution in [-0.4, -0.2) is 30.7 Å². The van der Waals surface area contributed by atoms with Gasteiger partial charge in [-0.3, -0.25) is 9.59 Å². The molecule has 0 spiro atoms. The lowest BCUT2D eigenvalue weighted by atomic mass is 10.2. The molecule has 0 aromatic heterocycles. The first-order chi connectivity index (χ1) is 10.0. The van der Waals surface area contributed by atoms with Crippen molar-refractivity contribution in [1.29, 1.82) is 0 Å². The van der Waals surface area contributed by atoms with Gasteiger partial charge in [0.1, 0.15) is 5.75 Å². The normalized spacial score (nSPS) is 14.2. The van der Waals surface area contributed by atoms with Crippen molar-refractivity contribution in [1.82, 2.24) is 10.7 Å². The van der Waals surface area contributed by atoms with E-state index >= 15 is 0 Å². The predicted octanol–water partition coefficient (Wildman–Crippen LogP) is 1.02. The number of hydrazone groups is 1. The molecule has 8 heteroatoms. The molecular weight excluding hydrogens is 284 g/mol. The smallest absolute Gasteiger partial charge is 0.387 e. The Bertz CT molecular complexity index is 542. The SMILES string of the molecule is O=C(N/N=C\c1ccc(OC(F)F)cc1)C(=O)NC1CC1. The maximum absolute atomic E-state index is 11.9.